The van der Waals surface area contributed by atoms with E-state index < -0.39 is 5.91 Å². The number of pyridine rings is 1. The van der Waals surface area contributed by atoms with Gasteiger partial charge in [-0.15, -0.1) is 0 Å². The van der Waals surface area contributed by atoms with Crippen molar-refractivity contribution in [2.75, 3.05) is 23.3 Å². The lowest BCUT2D eigenvalue weighted by molar-refractivity contribution is 0.102. The molecule has 1 aromatic carbocycles. The normalized spacial score (nSPS) is 14.0. The van der Waals surface area contributed by atoms with Crippen LogP contribution in [-0.2, 0) is 7.05 Å². The predicted molar refractivity (Wildman–Crippen MR) is 109 cm³/mol. The summed E-state index contributed by atoms with van der Waals surface area (Å²) in [7, 11) is 1.65. The number of H-pyrrole nitrogens is 2. The SMILES string of the molecule is Cc1cc(C)n(C)c(=O)c1C(=O)Nc1cc2[nH]c(=O)[nH]c2cc1N1CCCC1. The maximum Gasteiger partial charge on any atom is 0.323 e. The van der Waals surface area contributed by atoms with Crippen LogP contribution in [0.3, 0.4) is 0 Å². The van der Waals surface area contributed by atoms with Crippen molar-refractivity contribution in [2.24, 2.45) is 7.05 Å². The number of rotatable bonds is 3. The Labute approximate surface area is 161 Å². The van der Waals surface area contributed by atoms with E-state index >= 15 is 0 Å². The molecule has 0 atom stereocenters. The van der Waals surface area contributed by atoms with Crippen LogP contribution in [0.2, 0.25) is 0 Å². The predicted octanol–water partition coefficient (Wildman–Crippen LogP) is 2.02. The average Bonchev–Trinajstić information content (AvgIpc) is 3.27. The highest BCUT2D eigenvalue weighted by Gasteiger charge is 2.22. The van der Waals surface area contributed by atoms with Crippen LogP contribution in [0.5, 0.6) is 0 Å². The number of nitrogens with zero attached hydrogens (tertiary/aromatic N) is 2. The van der Waals surface area contributed by atoms with E-state index in [9.17, 15) is 14.4 Å². The molecule has 4 rings (SSSR count). The zero-order valence-electron chi connectivity index (χ0n) is 16.2. The van der Waals surface area contributed by atoms with E-state index in [1.54, 1.807) is 20.0 Å². The first kappa shape index (κ1) is 18.1. The third-order valence-corrected chi connectivity index (χ3v) is 5.42. The van der Waals surface area contributed by atoms with Crippen LogP contribution in [0.15, 0.2) is 27.8 Å². The van der Waals surface area contributed by atoms with Crippen LogP contribution >= 0.6 is 0 Å². The number of aromatic amines is 2. The van der Waals surface area contributed by atoms with Crippen molar-refractivity contribution in [3.63, 3.8) is 0 Å². The molecule has 0 saturated carbocycles. The molecule has 146 valence electrons. The minimum absolute atomic E-state index is 0.128. The van der Waals surface area contributed by atoms with Gasteiger partial charge in [-0.05, 0) is 50.5 Å². The first-order valence-corrected chi connectivity index (χ1v) is 9.34. The van der Waals surface area contributed by atoms with Gasteiger partial charge in [-0.2, -0.15) is 0 Å². The highest BCUT2D eigenvalue weighted by molar-refractivity contribution is 6.08. The number of aryl methyl sites for hydroxylation is 2. The molecule has 8 heteroatoms. The second-order valence-electron chi connectivity index (χ2n) is 7.35. The van der Waals surface area contributed by atoms with Gasteiger partial charge in [-0.1, -0.05) is 0 Å². The van der Waals surface area contributed by atoms with Crippen LogP contribution < -0.4 is 21.5 Å². The molecule has 1 fully saturated rings. The molecule has 1 amide bonds. The van der Waals surface area contributed by atoms with Crippen molar-refractivity contribution in [3.8, 4) is 0 Å². The van der Waals surface area contributed by atoms with E-state index in [0.717, 1.165) is 37.3 Å². The molecule has 1 aliphatic rings. The fourth-order valence-electron chi connectivity index (χ4n) is 3.83. The van der Waals surface area contributed by atoms with E-state index in [2.05, 4.69) is 20.2 Å². The average molecular weight is 381 g/mol. The van der Waals surface area contributed by atoms with E-state index in [0.29, 0.717) is 22.3 Å². The number of imidazole rings is 1. The van der Waals surface area contributed by atoms with Gasteiger partial charge in [-0.25, -0.2) is 4.79 Å². The van der Waals surface area contributed by atoms with Crippen molar-refractivity contribution >= 4 is 28.3 Å². The Morgan fingerprint density at radius 1 is 1.04 bits per heavy atom. The van der Waals surface area contributed by atoms with Gasteiger partial charge in [0.2, 0.25) is 0 Å². The topological polar surface area (TPSA) is 103 Å². The van der Waals surface area contributed by atoms with E-state index in [4.69, 9.17) is 0 Å². The third-order valence-electron chi connectivity index (χ3n) is 5.42. The van der Waals surface area contributed by atoms with E-state index in [-0.39, 0.29) is 16.8 Å². The van der Waals surface area contributed by atoms with Gasteiger partial charge in [0, 0.05) is 25.8 Å². The number of hydrogen-bond donors (Lipinski definition) is 3. The van der Waals surface area contributed by atoms with Crippen molar-refractivity contribution in [1.82, 2.24) is 14.5 Å². The number of hydrogen-bond acceptors (Lipinski definition) is 4. The molecule has 0 aliphatic carbocycles. The summed E-state index contributed by atoms with van der Waals surface area (Å²) < 4.78 is 1.47. The first-order valence-electron chi connectivity index (χ1n) is 9.34. The van der Waals surface area contributed by atoms with Crippen LogP contribution in [0.1, 0.15) is 34.5 Å². The zero-order valence-corrected chi connectivity index (χ0v) is 16.2. The van der Waals surface area contributed by atoms with Gasteiger partial charge in [0.1, 0.15) is 5.56 Å². The fraction of sp³-hybridized carbons (Fsp3) is 0.350. The highest BCUT2D eigenvalue weighted by Crippen LogP contribution is 2.32. The maximum absolute atomic E-state index is 13.0. The summed E-state index contributed by atoms with van der Waals surface area (Å²) >= 11 is 0. The molecule has 1 aliphatic heterocycles. The first-order chi connectivity index (χ1) is 13.3. The smallest absolute Gasteiger partial charge is 0.323 e. The molecule has 8 nitrogen and oxygen atoms in total. The lowest BCUT2D eigenvalue weighted by Gasteiger charge is -2.22. The number of nitrogens with one attached hydrogen (secondary N) is 3. The number of carbonyl (C=O) groups is 1. The second kappa shape index (κ2) is 6.70. The quantitative estimate of drug-likeness (QED) is 0.646. The molecule has 28 heavy (non-hydrogen) atoms. The zero-order chi connectivity index (χ0) is 20.0. The molecule has 2 aromatic heterocycles. The Kier molecular flexibility index (Phi) is 4.33. The minimum atomic E-state index is -0.448. The summed E-state index contributed by atoms with van der Waals surface area (Å²) in [6.07, 6.45) is 2.15. The molecule has 3 heterocycles. The van der Waals surface area contributed by atoms with Gasteiger partial charge in [0.05, 0.1) is 22.4 Å². The van der Waals surface area contributed by atoms with Crippen molar-refractivity contribution in [2.45, 2.75) is 26.7 Å². The number of anilines is 2. The molecule has 3 aromatic rings. The Balaban J connectivity index is 1.80. The van der Waals surface area contributed by atoms with E-state index in [1.165, 1.54) is 4.57 Å². The van der Waals surface area contributed by atoms with Crippen LogP contribution in [0.25, 0.3) is 11.0 Å². The van der Waals surface area contributed by atoms with Gasteiger partial charge < -0.3 is 24.8 Å². The molecular weight excluding hydrogens is 358 g/mol. The molecular formula is C20H23N5O3. The standard InChI is InChI=1S/C20H23N5O3/c1-11-8-12(2)24(3)19(27)17(11)18(26)21-15-9-13-14(23-20(28)22-13)10-16(15)25-6-4-5-7-25/h8-10H,4-7H2,1-3H3,(H,21,26)(H2,22,23,28). The Morgan fingerprint density at radius 3 is 2.36 bits per heavy atom. The fourth-order valence-corrected chi connectivity index (χ4v) is 3.83. The summed E-state index contributed by atoms with van der Waals surface area (Å²) in [5, 5.41) is 2.90. The van der Waals surface area contributed by atoms with Gasteiger partial charge >= 0.3 is 5.69 Å². The number of aromatic nitrogens is 3. The van der Waals surface area contributed by atoms with Gasteiger partial charge in [0.25, 0.3) is 11.5 Å². The third kappa shape index (κ3) is 3.00. The molecule has 3 N–H and O–H groups in total. The minimum Gasteiger partial charge on any atom is -0.370 e. The Bertz CT molecular complexity index is 1190. The van der Waals surface area contributed by atoms with Crippen LogP contribution in [0.4, 0.5) is 11.4 Å². The molecule has 0 unspecified atom stereocenters. The summed E-state index contributed by atoms with van der Waals surface area (Å²) in [4.78, 5) is 45.0. The lowest BCUT2D eigenvalue weighted by Crippen LogP contribution is -2.30. The summed E-state index contributed by atoms with van der Waals surface area (Å²) in [5.41, 5.74) is 3.65. The monoisotopic (exact) mass is 381 g/mol. The van der Waals surface area contributed by atoms with Crippen LogP contribution in [-0.4, -0.2) is 33.5 Å². The Hall–Kier alpha value is -3.29. The molecule has 0 radical (unpaired) electrons. The highest BCUT2D eigenvalue weighted by atomic mass is 16.2. The summed E-state index contributed by atoms with van der Waals surface area (Å²) in [6, 6.07) is 5.44. The summed E-state index contributed by atoms with van der Waals surface area (Å²) in [5.74, 6) is -0.448. The maximum atomic E-state index is 13.0. The second-order valence-corrected chi connectivity index (χ2v) is 7.35. The number of fused-ring (bicyclic) bond motifs is 1. The largest absolute Gasteiger partial charge is 0.370 e. The van der Waals surface area contributed by atoms with Crippen molar-refractivity contribution in [3.05, 3.63) is 55.9 Å². The van der Waals surface area contributed by atoms with E-state index in [1.807, 2.05) is 19.1 Å². The van der Waals surface area contributed by atoms with Crippen molar-refractivity contribution in [1.29, 1.82) is 0 Å². The Morgan fingerprint density at radius 2 is 1.68 bits per heavy atom. The number of benzene rings is 1. The number of carbonyl (C=O) groups excluding carboxylic acids is 1. The lowest BCUT2D eigenvalue weighted by atomic mass is 10.1. The molecule has 0 spiro atoms. The van der Waals surface area contributed by atoms with Crippen LogP contribution in [0, 0.1) is 13.8 Å². The van der Waals surface area contributed by atoms with Crippen molar-refractivity contribution < 1.29 is 4.79 Å². The molecule has 0 bridgehead atoms. The molecule has 1 saturated heterocycles. The van der Waals surface area contributed by atoms with Gasteiger partial charge in [-0.3, -0.25) is 9.59 Å². The number of amides is 1. The van der Waals surface area contributed by atoms with Gasteiger partial charge in [0.15, 0.2) is 0 Å². The summed E-state index contributed by atoms with van der Waals surface area (Å²) in [6.45, 7) is 5.36.